The quantitative estimate of drug-likeness (QED) is 0.0379. The third-order valence-electron chi connectivity index (χ3n) is 9.61. The van der Waals surface area contributed by atoms with Gasteiger partial charge in [-0.05, 0) is 96.3 Å². The summed E-state index contributed by atoms with van der Waals surface area (Å²) in [6, 6.07) is 0. The second-order valence-electron chi connectivity index (χ2n) is 15.1. The van der Waals surface area contributed by atoms with E-state index in [1.807, 2.05) is 0 Å². The number of carbonyl (C=O) groups excluding carboxylic acids is 2. The van der Waals surface area contributed by atoms with Crippen LogP contribution in [-0.4, -0.2) is 36.4 Å². The molecule has 1 unspecified atom stereocenters. The molecule has 1 N–H and O–H groups in total. The van der Waals surface area contributed by atoms with Gasteiger partial charge in [0.2, 0.25) is 0 Å². The summed E-state index contributed by atoms with van der Waals surface area (Å²) in [6.45, 7) is 3.98. The third kappa shape index (κ3) is 45.4. The van der Waals surface area contributed by atoms with Gasteiger partial charge in [-0.15, -0.1) is 0 Å². The number of esters is 2. The van der Waals surface area contributed by atoms with E-state index in [9.17, 15) is 14.7 Å². The SMILES string of the molecule is CC/C=C\C/C=C\C/C=C\C/C=C\C/C=C\C/C=C\C/C=C\CCCCCCCCCCCC(=O)OC(CO)COC(=O)CCCCCCC/C=C\CCCCC. The van der Waals surface area contributed by atoms with Gasteiger partial charge in [-0.2, -0.15) is 0 Å². The van der Waals surface area contributed by atoms with Gasteiger partial charge < -0.3 is 14.6 Å². The number of allylic oxidation sites excluding steroid dienone is 16. The van der Waals surface area contributed by atoms with Crippen LogP contribution in [0.5, 0.6) is 0 Å². The molecule has 0 saturated carbocycles. The van der Waals surface area contributed by atoms with Crippen LogP contribution < -0.4 is 0 Å². The molecule has 0 bridgehead atoms. The smallest absolute Gasteiger partial charge is 0.306 e. The fourth-order valence-electron chi connectivity index (χ4n) is 6.12. The van der Waals surface area contributed by atoms with Crippen molar-refractivity contribution < 1.29 is 24.2 Å². The second-order valence-corrected chi connectivity index (χ2v) is 15.1. The molecule has 0 aliphatic heterocycles. The maximum absolute atomic E-state index is 12.2. The predicted octanol–water partition coefficient (Wildman–Crippen LogP) is 15.2. The fraction of sp³-hybridized carbons (Fsp3) is 0.654. The molecule has 0 saturated heterocycles. The molecule has 0 aromatic heterocycles. The fourth-order valence-corrected chi connectivity index (χ4v) is 6.12. The molecule has 324 valence electrons. The van der Waals surface area contributed by atoms with E-state index in [2.05, 4.69) is 111 Å². The zero-order chi connectivity index (χ0) is 41.4. The minimum Gasteiger partial charge on any atom is -0.462 e. The van der Waals surface area contributed by atoms with Crippen molar-refractivity contribution in [1.29, 1.82) is 0 Å². The summed E-state index contributed by atoms with van der Waals surface area (Å²) in [5.74, 6) is -0.615. The molecule has 0 aromatic rings. The van der Waals surface area contributed by atoms with Crippen LogP contribution in [0.2, 0.25) is 0 Å². The van der Waals surface area contributed by atoms with Gasteiger partial charge >= 0.3 is 11.9 Å². The van der Waals surface area contributed by atoms with Gasteiger partial charge in [0, 0.05) is 12.8 Å². The van der Waals surface area contributed by atoms with Crippen molar-refractivity contribution in [3.8, 4) is 0 Å². The lowest BCUT2D eigenvalue weighted by atomic mass is 10.1. The minimum absolute atomic E-state index is 0.0771. The van der Waals surface area contributed by atoms with E-state index in [0.29, 0.717) is 12.8 Å². The lowest BCUT2D eigenvalue weighted by Crippen LogP contribution is -2.28. The second kappa shape index (κ2) is 47.2. The predicted molar refractivity (Wildman–Crippen MR) is 246 cm³/mol. The molecule has 0 radical (unpaired) electrons. The molecule has 0 aromatic carbocycles. The summed E-state index contributed by atoms with van der Waals surface area (Å²) in [5.41, 5.74) is 0. The van der Waals surface area contributed by atoms with Crippen molar-refractivity contribution in [3.05, 3.63) is 97.2 Å². The molecule has 0 amide bonds. The van der Waals surface area contributed by atoms with E-state index in [1.54, 1.807) is 0 Å². The molecule has 0 fully saturated rings. The van der Waals surface area contributed by atoms with Gasteiger partial charge in [-0.25, -0.2) is 0 Å². The topological polar surface area (TPSA) is 72.8 Å². The van der Waals surface area contributed by atoms with Crippen molar-refractivity contribution in [3.63, 3.8) is 0 Å². The number of aliphatic hydroxyl groups is 1. The van der Waals surface area contributed by atoms with Gasteiger partial charge in [0.05, 0.1) is 6.61 Å². The Morgan fingerprint density at radius 3 is 1.16 bits per heavy atom. The number of aliphatic hydroxyl groups excluding tert-OH is 1. The number of carbonyl (C=O) groups is 2. The van der Waals surface area contributed by atoms with Crippen LogP contribution in [0.1, 0.15) is 200 Å². The van der Waals surface area contributed by atoms with Crippen LogP contribution in [0.3, 0.4) is 0 Å². The first-order chi connectivity index (χ1) is 28.1. The molecule has 1 atom stereocenters. The Labute approximate surface area is 351 Å². The highest BCUT2D eigenvalue weighted by Crippen LogP contribution is 2.13. The van der Waals surface area contributed by atoms with Crippen LogP contribution in [0.25, 0.3) is 0 Å². The van der Waals surface area contributed by atoms with Crippen LogP contribution in [0, 0.1) is 0 Å². The molecule has 0 aliphatic carbocycles. The number of hydrogen-bond acceptors (Lipinski definition) is 5. The lowest BCUT2D eigenvalue weighted by molar-refractivity contribution is -0.161. The van der Waals surface area contributed by atoms with E-state index in [4.69, 9.17) is 9.47 Å². The molecule has 0 heterocycles. The molecule has 0 spiro atoms. The van der Waals surface area contributed by atoms with Crippen molar-refractivity contribution in [1.82, 2.24) is 0 Å². The highest BCUT2D eigenvalue weighted by molar-refractivity contribution is 5.70. The largest absolute Gasteiger partial charge is 0.462 e. The Kier molecular flexibility index (Phi) is 44.6. The minimum atomic E-state index is -0.783. The number of rotatable bonds is 41. The average molecular weight is 791 g/mol. The maximum atomic E-state index is 12.2. The van der Waals surface area contributed by atoms with Crippen molar-refractivity contribution >= 4 is 11.9 Å². The van der Waals surface area contributed by atoms with Crippen LogP contribution in [-0.2, 0) is 19.1 Å². The summed E-state index contributed by atoms with van der Waals surface area (Å²) >= 11 is 0. The van der Waals surface area contributed by atoms with Gasteiger partial charge in [0.1, 0.15) is 6.61 Å². The molecule has 5 heteroatoms. The molecule has 0 aliphatic rings. The number of unbranched alkanes of at least 4 members (excludes halogenated alkanes) is 17. The maximum Gasteiger partial charge on any atom is 0.306 e. The summed E-state index contributed by atoms with van der Waals surface area (Å²) in [4.78, 5) is 24.3. The van der Waals surface area contributed by atoms with Gasteiger partial charge in [0.15, 0.2) is 6.10 Å². The summed E-state index contributed by atoms with van der Waals surface area (Å²) in [6.07, 6.45) is 66.3. The van der Waals surface area contributed by atoms with Gasteiger partial charge in [-0.1, -0.05) is 188 Å². The Morgan fingerprint density at radius 1 is 0.421 bits per heavy atom. The van der Waals surface area contributed by atoms with Crippen molar-refractivity contribution in [2.24, 2.45) is 0 Å². The van der Waals surface area contributed by atoms with Crippen molar-refractivity contribution in [2.45, 2.75) is 206 Å². The van der Waals surface area contributed by atoms with E-state index in [-0.39, 0.29) is 25.2 Å². The normalized spacial score (nSPS) is 13.1. The van der Waals surface area contributed by atoms with E-state index >= 15 is 0 Å². The molecular formula is C52H86O5. The average Bonchev–Trinajstić information content (AvgIpc) is 3.21. The Balaban J connectivity index is 3.59. The summed E-state index contributed by atoms with van der Waals surface area (Å²) in [5, 5.41) is 9.58. The van der Waals surface area contributed by atoms with Gasteiger partial charge in [0.25, 0.3) is 0 Å². The molecule has 57 heavy (non-hydrogen) atoms. The van der Waals surface area contributed by atoms with Gasteiger partial charge in [-0.3, -0.25) is 9.59 Å². The number of hydrogen-bond donors (Lipinski definition) is 1. The van der Waals surface area contributed by atoms with E-state index in [0.717, 1.165) is 96.3 Å². The van der Waals surface area contributed by atoms with Crippen LogP contribution >= 0.6 is 0 Å². The van der Waals surface area contributed by atoms with Crippen molar-refractivity contribution in [2.75, 3.05) is 13.2 Å². The monoisotopic (exact) mass is 791 g/mol. The number of ether oxygens (including phenoxy) is 2. The zero-order valence-corrected chi connectivity index (χ0v) is 36.8. The van der Waals surface area contributed by atoms with E-state index < -0.39 is 6.10 Å². The Bertz CT molecular complexity index is 1120. The first-order valence-electron chi connectivity index (χ1n) is 23.3. The zero-order valence-electron chi connectivity index (χ0n) is 36.8. The first kappa shape index (κ1) is 53.8. The van der Waals surface area contributed by atoms with Crippen LogP contribution in [0.15, 0.2) is 97.2 Å². The van der Waals surface area contributed by atoms with Crippen LogP contribution in [0.4, 0.5) is 0 Å². The Morgan fingerprint density at radius 2 is 0.754 bits per heavy atom. The standard InChI is InChI=1S/C52H86O5/c1-3-5-7-9-11-13-15-17-18-19-20-21-22-23-24-25-26-27-28-29-30-31-32-33-34-35-37-39-41-43-45-47-52(55)57-50(48-53)49-56-51(54)46-44-42-40-38-36-16-14-12-10-8-6-4-2/h5,7,11-14,17-18,20-21,23-24,26-27,29-30,50,53H,3-4,6,8-10,15-16,19,22,25,28,31-49H2,1-2H3/b7-5-,13-11-,14-12-,18-17-,21-20-,24-23-,27-26-,30-29-. The summed E-state index contributed by atoms with van der Waals surface area (Å²) < 4.78 is 10.6. The Hall–Kier alpha value is -3.18. The third-order valence-corrected chi connectivity index (χ3v) is 9.61. The first-order valence-corrected chi connectivity index (χ1v) is 23.3. The highest BCUT2D eigenvalue weighted by Gasteiger charge is 2.16. The van der Waals surface area contributed by atoms with E-state index in [1.165, 1.54) is 77.0 Å². The highest BCUT2D eigenvalue weighted by atomic mass is 16.6. The summed E-state index contributed by atoms with van der Waals surface area (Å²) in [7, 11) is 0. The molecule has 0 rings (SSSR count). The molecule has 5 nitrogen and oxygen atoms in total. The lowest BCUT2D eigenvalue weighted by Gasteiger charge is -2.15. The molecular weight excluding hydrogens is 705 g/mol.